The summed E-state index contributed by atoms with van der Waals surface area (Å²) in [6.07, 6.45) is 0. The van der Waals surface area contributed by atoms with E-state index in [1.807, 2.05) is 12.1 Å². The van der Waals surface area contributed by atoms with Crippen molar-refractivity contribution in [3.05, 3.63) is 358 Å². The molecule has 6 aromatic heterocycles. The van der Waals surface area contributed by atoms with E-state index < -0.39 is 0 Å². The molecule has 16 aromatic carbocycles. The van der Waals surface area contributed by atoms with Crippen molar-refractivity contribution in [2.75, 3.05) is 0 Å². The van der Waals surface area contributed by atoms with Gasteiger partial charge in [0.05, 0.1) is 55.2 Å². The molecule has 6 heterocycles. The number of furan rings is 1. The zero-order valence-electron chi connectivity index (χ0n) is 55.2. The Morgan fingerprint density at radius 3 is 0.794 bits per heavy atom. The monoisotopic (exact) mass is 1300 g/mol. The lowest BCUT2D eigenvalue weighted by molar-refractivity contribution is 0.669. The molecule has 22 aromatic rings. The minimum absolute atomic E-state index is 0.903. The lowest BCUT2D eigenvalue weighted by Gasteiger charge is -2.12. The smallest absolute Gasteiger partial charge is 0.136 e. The fraction of sp³-hybridized carbons (Fsp3) is 0. The summed E-state index contributed by atoms with van der Waals surface area (Å²) in [7, 11) is 0. The van der Waals surface area contributed by atoms with Crippen LogP contribution in [0.3, 0.4) is 0 Å². The van der Waals surface area contributed by atoms with Crippen molar-refractivity contribution in [2.24, 2.45) is 0 Å². The molecule has 0 unspecified atom stereocenters. The molecule has 0 saturated heterocycles. The highest BCUT2D eigenvalue weighted by atomic mass is 16.3. The molecule has 6 nitrogen and oxygen atoms in total. The number of rotatable bonds is 9. The Morgan fingerprint density at radius 1 is 0.137 bits per heavy atom. The zero-order chi connectivity index (χ0) is 66.7. The van der Waals surface area contributed by atoms with Crippen molar-refractivity contribution in [1.82, 2.24) is 22.8 Å². The van der Waals surface area contributed by atoms with Gasteiger partial charge in [0.1, 0.15) is 11.2 Å². The fourth-order valence-corrected chi connectivity index (χ4v) is 17.0. The molecule has 0 bridgehead atoms. The molecule has 0 atom stereocenters. The summed E-state index contributed by atoms with van der Waals surface area (Å²) in [5, 5.41) is 14.6. The van der Waals surface area contributed by atoms with Crippen molar-refractivity contribution < 1.29 is 4.42 Å². The molecular weight excluding hydrogens is 1240 g/mol. The third-order valence-electron chi connectivity index (χ3n) is 21.7. The Hall–Kier alpha value is -13.7. The molecule has 0 fully saturated rings. The summed E-state index contributed by atoms with van der Waals surface area (Å²) in [5.41, 5.74) is 28.6. The Bertz CT molecular complexity index is 7160. The predicted molar refractivity (Wildman–Crippen MR) is 427 cm³/mol. The maximum atomic E-state index is 6.27. The molecule has 0 N–H and O–H groups in total. The van der Waals surface area contributed by atoms with Crippen molar-refractivity contribution in [3.8, 4) is 72.9 Å². The normalized spacial score (nSPS) is 12.1. The number of aromatic nitrogens is 5. The van der Waals surface area contributed by atoms with Gasteiger partial charge in [-0.25, -0.2) is 0 Å². The number of hydrogen-bond donors (Lipinski definition) is 0. The van der Waals surface area contributed by atoms with E-state index in [0.717, 1.165) is 83.7 Å². The SMILES string of the molecule is c1ccc(-n2c3ccccc3c3cc(-c4ccc5c(c4)c4cc(-n6c7ccccc7c7ccccc76)ccc4n5-c4ccc(-c5ccc(-n6c7ccccc7c7cc(-c8ccc9c(c8)c8ccccc8n9-c8ccc(-c9ccc%10c(c9)oc9ccccc9%10)cc8)ccc76)cc5)cc4)ccc32)cc1. The van der Waals surface area contributed by atoms with Crippen LogP contribution < -0.4 is 0 Å². The third-order valence-corrected chi connectivity index (χ3v) is 21.7. The van der Waals surface area contributed by atoms with Crippen LogP contribution in [-0.2, 0) is 0 Å². The second-order valence-electron chi connectivity index (χ2n) is 27.2. The number of hydrogen-bond acceptors (Lipinski definition) is 1. The Labute approximate surface area is 585 Å². The molecule has 6 heteroatoms. The highest BCUT2D eigenvalue weighted by molar-refractivity contribution is 6.16. The van der Waals surface area contributed by atoms with Crippen LogP contribution in [0.2, 0.25) is 0 Å². The Balaban J connectivity index is 0.597. The largest absolute Gasteiger partial charge is 0.456 e. The van der Waals surface area contributed by atoms with E-state index in [9.17, 15) is 0 Å². The first-order valence-electron chi connectivity index (χ1n) is 35.0. The minimum atomic E-state index is 0.903. The van der Waals surface area contributed by atoms with Crippen molar-refractivity contribution >= 4 is 131 Å². The Kier molecular flexibility index (Phi) is 12.1. The zero-order valence-corrected chi connectivity index (χ0v) is 55.2. The van der Waals surface area contributed by atoms with Gasteiger partial charge >= 0.3 is 0 Å². The van der Waals surface area contributed by atoms with Gasteiger partial charge in [0.25, 0.3) is 0 Å². The van der Waals surface area contributed by atoms with Gasteiger partial charge in [-0.1, -0.05) is 194 Å². The van der Waals surface area contributed by atoms with Crippen LogP contribution in [0.15, 0.2) is 362 Å². The van der Waals surface area contributed by atoms with Gasteiger partial charge < -0.3 is 27.3 Å². The highest BCUT2D eigenvalue weighted by Gasteiger charge is 2.22. The van der Waals surface area contributed by atoms with E-state index >= 15 is 0 Å². The Morgan fingerprint density at radius 2 is 0.382 bits per heavy atom. The number of para-hydroxylation sites is 7. The summed E-state index contributed by atoms with van der Waals surface area (Å²) < 4.78 is 18.4. The van der Waals surface area contributed by atoms with E-state index in [1.165, 1.54) is 120 Å². The number of fused-ring (bicyclic) bond motifs is 18. The summed E-state index contributed by atoms with van der Waals surface area (Å²) in [4.78, 5) is 0. The van der Waals surface area contributed by atoms with Crippen LogP contribution in [-0.4, -0.2) is 22.8 Å². The van der Waals surface area contributed by atoms with Gasteiger partial charge in [-0.15, -0.1) is 0 Å². The molecule has 102 heavy (non-hydrogen) atoms. The molecule has 0 saturated carbocycles. The average molecular weight is 1300 g/mol. The van der Waals surface area contributed by atoms with Crippen molar-refractivity contribution in [2.45, 2.75) is 0 Å². The van der Waals surface area contributed by atoms with Crippen LogP contribution in [0.1, 0.15) is 0 Å². The summed E-state index contributed by atoms with van der Waals surface area (Å²) >= 11 is 0. The van der Waals surface area contributed by atoms with Crippen molar-refractivity contribution in [3.63, 3.8) is 0 Å². The molecule has 474 valence electrons. The lowest BCUT2D eigenvalue weighted by Crippen LogP contribution is -1.96. The number of nitrogens with zero attached hydrogens (tertiary/aromatic N) is 5. The molecule has 0 spiro atoms. The van der Waals surface area contributed by atoms with Crippen LogP contribution in [0.25, 0.3) is 204 Å². The first-order chi connectivity index (χ1) is 50.6. The second-order valence-corrected chi connectivity index (χ2v) is 27.2. The summed E-state index contributed by atoms with van der Waals surface area (Å²) in [6, 6.07) is 132. The molecule has 22 rings (SSSR count). The third kappa shape index (κ3) is 8.47. The van der Waals surface area contributed by atoms with Crippen LogP contribution in [0, 0.1) is 0 Å². The van der Waals surface area contributed by atoms with Gasteiger partial charge in [0.2, 0.25) is 0 Å². The lowest BCUT2D eigenvalue weighted by atomic mass is 10.0. The fourth-order valence-electron chi connectivity index (χ4n) is 17.0. The van der Waals surface area contributed by atoms with E-state index in [1.54, 1.807) is 0 Å². The van der Waals surface area contributed by atoms with Crippen molar-refractivity contribution in [1.29, 1.82) is 0 Å². The van der Waals surface area contributed by atoms with E-state index in [0.29, 0.717) is 0 Å². The first kappa shape index (κ1) is 56.3. The van der Waals surface area contributed by atoms with E-state index in [2.05, 4.69) is 369 Å². The van der Waals surface area contributed by atoms with Crippen LogP contribution in [0.4, 0.5) is 0 Å². The maximum absolute atomic E-state index is 6.27. The van der Waals surface area contributed by atoms with Crippen LogP contribution in [0.5, 0.6) is 0 Å². The molecule has 0 amide bonds. The molecule has 0 aliphatic rings. The van der Waals surface area contributed by atoms with Gasteiger partial charge in [0, 0.05) is 93.1 Å². The second kappa shape index (κ2) is 21.9. The van der Waals surface area contributed by atoms with E-state index in [4.69, 9.17) is 4.42 Å². The standard InChI is InChI=1S/C96H59N5O/c1-2-16-68(17-3-1)97-87-26-12-6-20-75(87)80-56-65(37-49-90(80)97)66-40-52-93-83(57-66)84-59-72(101-85-24-10-4-18-73(85)74-19-5-11-25-86(74)101)47-53-94(84)100(93)71-43-32-61(33-44-71)60-30-41-69(42-31-60)98-88-27-13-7-21-76(88)81-54-63(38-50-91(81)98)64-39-51-92-82(55-64)77-22-8-14-28-89(77)99(92)70-45-34-62(35-46-70)67-36-48-79-78-23-9-15-29-95(78)102-96(79)58-67/h1-59H. The van der Waals surface area contributed by atoms with Gasteiger partial charge in [-0.2, -0.15) is 0 Å². The molecule has 0 radical (unpaired) electrons. The highest BCUT2D eigenvalue weighted by Crippen LogP contribution is 2.44. The predicted octanol–water partition coefficient (Wildman–Crippen LogP) is 25.7. The summed E-state index contributed by atoms with van der Waals surface area (Å²) in [5.74, 6) is 0. The van der Waals surface area contributed by atoms with Gasteiger partial charge in [-0.05, 0) is 208 Å². The van der Waals surface area contributed by atoms with Gasteiger partial charge in [-0.3, -0.25) is 0 Å². The first-order valence-corrected chi connectivity index (χ1v) is 35.0. The van der Waals surface area contributed by atoms with Crippen LogP contribution >= 0.6 is 0 Å². The van der Waals surface area contributed by atoms with Gasteiger partial charge in [0.15, 0.2) is 0 Å². The topological polar surface area (TPSA) is 37.8 Å². The molecule has 0 aliphatic carbocycles. The minimum Gasteiger partial charge on any atom is -0.456 e. The summed E-state index contributed by atoms with van der Waals surface area (Å²) in [6.45, 7) is 0. The molecular formula is C96H59N5O. The average Bonchev–Trinajstić information content (AvgIpc) is 1.58. The quantitative estimate of drug-likeness (QED) is 0.142. The maximum Gasteiger partial charge on any atom is 0.136 e. The van der Waals surface area contributed by atoms with E-state index in [-0.39, 0.29) is 0 Å². The number of benzene rings is 16. The molecule has 0 aliphatic heterocycles.